The van der Waals surface area contributed by atoms with E-state index in [0.29, 0.717) is 13.2 Å². The fourth-order valence-electron chi connectivity index (χ4n) is 2.82. The van der Waals surface area contributed by atoms with E-state index in [9.17, 15) is 10.1 Å². The molecule has 0 amide bonds. The highest BCUT2D eigenvalue weighted by Crippen LogP contribution is 2.30. The van der Waals surface area contributed by atoms with Crippen molar-refractivity contribution < 1.29 is 9.66 Å². The molecule has 2 N–H and O–H groups in total. The van der Waals surface area contributed by atoms with Gasteiger partial charge in [-0.2, -0.15) is 5.26 Å². The first kappa shape index (κ1) is 16.2. The molecule has 7 heteroatoms. The highest BCUT2D eigenvalue weighted by atomic mass is 16.6. The Kier molecular flexibility index (Phi) is 5.31. The summed E-state index contributed by atoms with van der Waals surface area (Å²) < 4.78 is 5.36. The summed E-state index contributed by atoms with van der Waals surface area (Å²) in [5.74, 6) is 0. The Morgan fingerprint density at radius 3 is 2.82 bits per heavy atom. The van der Waals surface area contributed by atoms with Gasteiger partial charge in [-0.3, -0.25) is 10.1 Å². The zero-order valence-corrected chi connectivity index (χ0v) is 12.6. The predicted molar refractivity (Wildman–Crippen MR) is 82.7 cm³/mol. The van der Waals surface area contributed by atoms with Gasteiger partial charge in [-0.05, 0) is 38.1 Å². The topological polar surface area (TPSA) is 100 Å². The van der Waals surface area contributed by atoms with Crippen molar-refractivity contribution in [3.8, 4) is 6.07 Å². The number of piperidine rings is 1. The van der Waals surface area contributed by atoms with E-state index in [4.69, 9.17) is 10.00 Å². The van der Waals surface area contributed by atoms with E-state index in [2.05, 4.69) is 10.6 Å². The van der Waals surface area contributed by atoms with Crippen LogP contribution in [0.2, 0.25) is 0 Å². The van der Waals surface area contributed by atoms with E-state index >= 15 is 0 Å². The predicted octanol–water partition coefficient (Wildman–Crippen LogP) is 1.89. The zero-order chi connectivity index (χ0) is 16.0. The van der Waals surface area contributed by atoms with Gasteiger partial charge in [0.15, 0.2) is 0 Å². The Morgan fingerprint density at radius 1 is 1.50 bits per heavy atom. The summed E-state index contributed by atoms with van der Waals surface area (Å²) in [5.41, 5.74) is 0.674. The van der Waals surface area contributed by atoms with Gasteiger partial charge < -0.3 is 15.4 Å². The average molecular weight is 304 g/mol. The van der Waals surface area contributed by atoms with Crippen LogP contribution in [0.4, 0.5) is 11.4 Å². The summed E-state index contributed by atoms with van der Waals surface area (Å²) in [4.78, 5) is 10.3. The SMILES string of the molecule is COCC1(CNc2ccc([N+](=O)[O-])c(C#N)c2)CCNCC1. The molecule has 2 rings (SSSR count). The minimum atomic E-state index is -0.540. The number of anilines is 1. The molecule has 0 radical (unpaired) electrons. The van der Waals surface area contributed by atoms with E-state index in [1.165, 1.54) is 12.1 Å². The standard InChI is InChI=1S/C15H20N4O3/c1-22-11-15(4-6-17-7-5-15)10-18-13-2-3-14(19(20)21)12(8-13)9-16/h2-3,8,17-18H,4-7,10-11H2,1H3. The van der Waals surface area contributed by atoms with Crippen molar-refractivity contribution in [2.45, 2.75) is 12.8 Å². The van der Waals surface area contributed by atoms with Crippen LogP contribution in [0.3, 0.4) is 0 Å². The molecule has 1 fully saturated rings. The van der Waals surface area contributed by atoms with E-state index in [1.807, 2.05) is 6.07 Å². The molecular formula is C15H20N4O3. The van der Waals surface area contributed by atoms with Crippen LogP contribution in [0.5, 0.6) is 0 Å². The van der Waals surface area contributed by atoms with E-state index in [-0.39, 0.29) is 16.7 Å². The minimum absolute atomic E-state index is 0.0502. The molecule has 1 heterocycles. The van der Waals surface area contributed by atoms with Gasteiger partial charge in [-0.1, -0.05) is 0 Å². The molecule has 1 aliphatic heterocycles. The maximum Gasteiger partial charge on any atom is 0.287 e. The fourth-order valence-corrected chi connectivity index (χ4v) is 2.82. The lowest BCUT2D eigenvalue weighted by Crippen LogP contribution is -2.44. The molecule has 7 nitrogen and oxygen atoms in total. The van der Waals surface area contributed by atoms with E-state index in [0.717, 1.165) is 31.6 Å². The molecule has 0 unspecified atom stereocenters. The van der Waals surface area contributed by atoms with Crippen LogP contribution in [0, 0.1) is 26.9 Å². The van der Waals surface area contributed by atoms with Crippen molar-refractivity contribution in [2.75, 3.05) is 38.7 Å². The lowest BCUT2D eigenvalue weighted by Gasteiger charge is -2.37. The smallest absolute Gasteiger partial charge is 0.287 e. The number of hydrogen-bond acceptors (Lipinski definition) is 6. The molecule has 0 aliphatic carbocycles. The second-order valence-electron chi connectivity index (χ2n) is 5.64. The lowest BCUT2D eigenvalue weighted by atomic mass is 9.79. The number of nitro groups is 1. The van der Waals surface area contributed by atoms with Crippen LogP contribution in [0.15, 0.2) is 18.2 Å². The number of ether oxygens (including phenoxy) is 1. The number of hydrogen-bond donors (Lipinski definition) is 2. The van der Waals surface area contributed by atoms with E-state index < -0.39 is 4.92 Å². The van der Waals surface area contributed by atoms with Crippen LogP contribution in [0.25, 0.3) is 0 Å². The number of nitro benzene ring substituents is 1. The van der Waals surface area contributed by atoms with Crippen molar-refractivity contribution in [3.05, 3.63) is 33.9 Å². The van der Waals surface area contributed by atoms with E-state index in [1.54, 1.807) is 13.2 Å². The van der Waals surface area contributed by atoms with Gasteiger partial charge in [0.25, 0.3) is 5.69 Å². The Morgan fingerprint density at radius 2 is 2.23 bits per heavy atom. The van der Waals surface area contributed by atoms with Crippen molar-refractivity contribution >= 4 is 11.4 Å². The average Bonchev–Trinajstić information content (AvgIpc) is 2.53. The van der Waals surface area contributed by atoms with Gasteiger partial charge >= 0.3 is 0 Å². The quantitative estimate of drug-likeness (QED) is 0.615. The number of rotatable bonds is 6. The third kappa shape index (κ3) is 3.72. The van der Waals surface area contributed by atoms with Crippen LogP contribution in [-0.4, -0.2) is 38.3 Å². The first-order valence-corrected chi connectivity index (χ1v) is 7.22. The summed E-state index contributed by atoms with van der Waals surface area (Å²) in [6.45, 7) is 3.29. The van der Waals surface area contributed by atoms with Gasteiger partial charge in [-0.15, -0.1) is 0 Å². The normalized spacial score (nSPS) is 16.7. The summed E-state index contributed by atoms with van der Waals surface area (Å²) in [5, 5.41) is 26.5. The molecule has 118 valence electrons. The fraction of sp³-hybridized carbons (Fsp3) is 0.533. The summed E-state index contributed by atoms with van der Waals surface area (Å²) in [6.07, 6.45) is 2.01. The van der Waals surface area contributed by atoms with Gasteiger partial charge in [0.05, 0.1) is 11.5 Å². The van der Waals surface area contributed by atoms with Crippen molar-refractivity contribution in [1.29, 1.82) is 5.26 Å². The van der Waals surface area contributed by atoms with Crippen LogP contribution in [0.1, 0.15) is 18.4 Å². The third-order valence-electron chi connectivity index (χ3n) is 4.10. The number of methoxy groups -OCH3 is 1. The van der Waals surface area contributed by atoms with Gasteiger partial charge in [-0.25, -0.2) is 0 Å². The Balaban J connectivity index is 2.10. The van der Waals surface area contributed by atoms with Crippen molar-refractivity contribution in [1.82, 2.24) is 5.32 Å². The monoisotopic (exact) mass is 304 g/mol. The highest BCUT2D eigenvalue weighted by Gasteiger charge is 2.32. The molecule has 0 spiro atoms. The zero-order valence-electron chi connectivity index (χ0n) is 12.6. The summed E-state index contributed by atoms with van der Waals surface area (Å²) in [7, 11) is 1.70. The van der Waals surface area contributed by atoms with Crippen molar-refractivity contribution in [3.63, 3.8) is 0 Å². The van der Waals surface area contributed by atoms with Gasteiger partial charge in [0.1, 0.15) is 11.6 Å². The maximum atomic E-state index is 10.8. The molecule has 1 saturated heterocycles. The number of nitrogens with zero attached hydrogens (tertiary/aromatic N) is 2. The molecular weight excluding hydrogens is 284 g/mol. The molecule has 0 aromatic heterocycles. The maximum absolute atomic E-state index is 10.8. The Hall–Kier alpha value is -2.17. The first-order valence-electron chi connectivity index (χ1n) is 7.22. The summed E-state index contributed by atoms with van der Waals surface area (Å²) >= 11 is 0. The van der Waals surface area contributed by atoms with Gasteiger partial charge in [0, 0.05) is 30.8 Å². The number of nitrogens with one attached hydrogen (secondary N) is 2. The number of nitriles is 1. The molecule has 1 aliphatic rings. The second-order valence-corrected chi connectivity index (χ2v) is 5.64. The molecule has 22 heavy (non-hydrogen) atoms. The molecule has 0 bridgehead atoms. The largest absolute Gasteiger partial charge is 0.384 e. The molecule has 1 aromatic carbocycles. The Bertz CT molecular complexity index is 571. The van der Waals surface area contributed by atoms with Crippen molar-refractivity contribution in [2.24, 2.45) is 5.41 Å². The third-order valence-corrected chi connectivity index (χ3v) is 4.10. The lowest BCUT2D eigenvalue weighted by molar-refractivity contribution is -0.385. The second kappa shape index (κ2) is 7.20. The highest BCUT2D eigenvalue weighted by molar-refractivity contribution is 5.58. The molecule has 0 saturated carbocycles. The summed E-state index contributed by atoms with van der Waals surface area (Å²) in [6, 6.07) is 6.41. The molecule has 1 aromatic rings. The minimum Gasteiger partial charge on any atom is -0.384 e. The molecule has 0 atom stereocenters. The number of benzene rings is 1. The Labute approximate surface area is 129 Å². The first-order chi connectivity index (χ1) is 10.6. The van der Waals surface area contributed by atoms with Crippen LogP contribution < -0.4 is 10.6 Å². The van der Waals surface area contributed by atoms with Crippen LogP contribution >= 0.6 is 0 Å². The van der Waals surface area contributed by atoms with Gasteiger partial charge in [0.2, 0.25) is 0 Å². The van der Waals surface area contributed by atoms with Crippen LogP contribution in [-0.2, 0) is 4.74 Å².